The van der Waals surface area contributed by atoms with Gasteiger partial charge in [0.2, 0.25) is 0 Å². The van der Waals surface area contributed by atoms with Gasteiger partial charge in [0, 0.05) is 23.6 Å². The molecule has 1 fully saturated rings. The highest BCUT2D eigenvalue weighted by Crippen LogP contribution is 2.43. The summed E-state index contributed by atoms with van der Waals surface area (Å²) in [5, 5.41) is 3.42. The summed E-state index contributed by atoms with van der Waals surface area (Å²) in [5.74, 6) is 0. The lowest BCUT2D eigenvalue weighted by atomic mass is 9.75. The fourth-order valence-corrected chi connectivity index (χ4v) is 3.90. The summed E-state index contributed by atoms with van der Waals surface area (Å²) in [4.78, 5) is 4.53. The molecule has 1 aliphatic carbocycles. The molecule has 1 spiro atoms. The number of pyridine rings is 1. The molecule has 21 heavy (non-hydrogen) atoms. The molecule has 0 amide bonds. The molecule has 1 aromatic rings. The molecule has 0 bridgehead atoms. The van der Waals surface area contributed by atoms with Crippen LogP contribution in [-0.4, -0.2) is 33.1 Å². The molecule has 0 saturated carbocycles. The third-order valence-electron chi connectivity index (χ3n) is 4.41. The van der Waals surface area contributed by atoms with Crippen LogP contribution < -0.4 is 5.32 Å². The van der Waals surface area contributed by atoms with Crippen molar-refractivity contribution in [2.45, 2.75) is 44.8 Å². The smallest absolute Gasteiger partial charge is 0.144 e. The third-order valence-corrected chi connectivity index (χ3v) is 5.81. The summed E-state index contributed by atoms with van der Waals surface area (Å²) in [6.45, 7) is 7.91. The van der Waals surface area contributed by atoms with E-state index in [1.54, 1.807) is 0 Å². The van der Waals surface area contributed by atoms with E-state index < -0.39 is 11.4 Å². The summed E-state index contributed by atoms with van der Waals surface area (Å²) in [6.07, 6.45) is 4.87. The molecule has 3 rings (SSSR count). The Morgan fingerprint density at radius 3 is 2.71 bits per heavy atom. The maximum atomic E-state index is 12.5. The first kappa shape index (κ1) is 15.0. The average Bonchev–Trinajstić information content (AvgIpc) is 2.72. The zero-order valence-electron chi connectivity index (χ0n) is 13.0. The Bertz CT molecular complexity index is 559. The van der Waals surface area contributed by atoms with Crippen molar-refractivity contribution in [3.63, 3.8) is 0 Å². The van der Waals surface area contributed by atoms with E-state index in [0.717, 1.165) is 49.3 Å². The largest absolute Gasteiger partial charge is 0.591 e. The van der Waals surface area contributed by atoms with Gasteiger partial charge < -0.3 is 9.87 Å². The van der Waals surface area contributed by atoms with Gasteiger partial charge in [-0.2, -0.15) is 0 Å². The van der Waals surface area contributed by atoms with Crippen molar-refractivity contribution in [1.82, 2.24) is 10.3 Å². The van der Waals surface area contributed by atoms with E-state index in [1.807, 2.05) is 33.0 Å². The number of nitrogens with zero attached hydrogens (tertiary/aromatic N) is 2. The van der Waals surface area contributed by atoms with E-state index in [0.29, 0.717) is 0 Å². The van der Waals surface area contributed by atoms with Crippen molar-refractivity contribution in [1.29, 1.82) is 0 Å². The van der Waals surface area contributed by atoms with Gasteiger partial charge >= 0.3 is 0 Å². The maximum Gasteiger partial charge on any atom is 0.144 e. The molecule has 0 aromatic carbocycles. The molecular weight excluding hydrogens is 282 g/mol. The summed E-state index contributed by atoms with van der Waals surface area (Å²) in [6, 6.07) is 4.03. The third kappa shape index (κ3) is 2.74. The SMILES string of the molecule is CC(C)(C)[S+]([O-])N=C1c2cccnc2CC12CCNCC2. The van der Waals surface area contributed by atoms with E-state index >= 15 is 0 Å². The Kier molecular flexibility index (Phi) is 3.84. The fraction of sp³-hybridized carbons (Fsp3) is 0.625. The van der Waals surface area contributed by atoms with E-state index in [-0.39, 0.29) is 10.2 Å². The Balaban J connectivity index is 2.05. The molecule has 1 aromatic heterocycles. The second-order valence-electron chi connectivity index (χ2n) is 7.01. The number of aromatic nitrogens is 1. The molecule has 1 unspecified atom stereocenters. The van der Waals surface area contributed by atoms with E-state index in [9.17, 15) is 4.55 Å². The predicted molar refractivity (Wildman–Crippen MR) is 86.9 cm³/mol. The molecule has 1 atom stereocenters. The lowest BCUT2D eigenvalue weighted by molar-refractivity contribution is 0.305. The molecule has 2 aliphatic rings. The van der Waals surface area contributed by atoms with Crippen LogP contribution in [0.25, 0.3) is 0 Å². The van der Waals surface area contributed by atoms with Crippen LogP contribution in [0.2, 0.25) is 0 Å². The lowest BCUT2D eigenvalue weighted by Gasteiger charge is -2.34. The summed E-state index contributed by atoms with van der Waals surface area (Å²) >= 11 is -1.22. The van der Waals surface area contributed by atoms with Crippen molar-refractivity contribution in [3.8, 4) is 0 Å². The Morgan fingerprint density at radius 2 is 2.05 bits per heavy atom. The topological polar surface area (TPSA) is 60.3 Å². The number of hydrogen-bond donors (Lipinski definition) is 1. The maximum absolute atomic E-state index is 12.5. The van der Waals surface area contributed by atoms with Crippen LogP contribution in [0.5, 0.6) is 0 Å². The molecule has 5 heteroatoms. The van der Waals surface area contributed by atoms with Crippen molar-refractivity contribution in [2.75, 3.05) is 13.1 Å². The monoisotopic (exact) mass is 305 g/mol. The summed E-state index contributed by atoms with van der Waals surface area (Å²) in [7, 11) is 0. The van der Waals surface area contributed by atoms with Gasteiger partial charge in [0.05, 0.1) is 5.69 Å². The minimum atomic E-state index is -1.22. The van der Waals surface area contributed by atoms with Crippen molar-refractivity contribution < 1.29 is 4.55 Å². The zero-order valence-corrected chi connectivity index (χ0v) is 13.8. The first-order valence-electron chi connectivity index (χ1n) is 7.59. The van der Waals surface area contributed by atoms with Gasteiger partial charge in [0.15, 0.2) is 0 Å². The molecule has 4 nitrogen and oxygen atoms in total. The molecule has 1 N–H and O–H groups in total. The Labute approximate surface area is 129 Å². The fourth-order valence-electron chi connectivity index (χ4n) is 3.17. The number of nitrogens with one attached hydrogen (secondary N) is 1. The summed E-state index contributed by atoms with van der Waals surface area (Å²) in [5.41, 5.74) is 3.28. The number of hydrogen-bond acceptors (Lipinski definition) is 4. The van der Waals surface area contributed by atoms with Gasteiger partial charge in [0.25, 0.3) is 0 Å². The highest BCUT2D eigenvalue weighted by Gasteiger charge is 2.46. The van der Waals surface area contributed by atoms with Gasteiger partial charge in [-0.15, -0.1) is 0 Å². The van der Waals surface area contributed by atoms with Crippen LogP contribution >= 0.6 is 0 Å². The zero-order chi connectivity index (χ0) is 15.1. The first-order chi connectivity index (χ1) is 9.92. The Hall–Kier alpha value is -0.910. The second kappa shape index (κ2) is 5.38. The predicted octanol–water partition coefficient (Wildman–Crippen LogP) is 2.26. The van der Waals surface area contributed by atoms with Gasteiger partial charge in [0.1, 0.15) is 21.8 Å². The average molecular weight is 305 g/mol. The number of piperidine rings is 1. The normalized spacial score (nSPS) is 24.3. The van der Waals surface area contributed by atoms with E-state index in [1.165, 1.54) is 0 Å². The molecule has 1 saturated heterocycles. The Morgan fingerprint density at radius 1 is 1.33 bits per heavy atom. The quantitative estimate of drug-likeness (QED) is 0.810. The van der Waals surface area contributed by atoms with E-state index in [4.69, 9.17) is 0 Å². The highest BCUT2D eigenvalue weighted by molar-refractivity contribution is 7.91. The summed E-state index contributed by atoms with van der Waals surface area (Å²) < 4.78 is 16.9. The van der Waals surface area contributed by atoms with Gasteiger partial charge in [-0.1, -0.05) is 4.40 Å². The van der Waals surface area contributed by atoms with Crippen LogP contribution in [0, 0.1) is 5.41 Å². The van der Waals surface area contributed by atoms with Gasteiger partial charge in [-0.05, 0) is 58.8 Å². The molecule has 2 heterocycles. The highest BCUT2D eigenvalue weighted by atomic mass is 32.2. The number of rotatable bonds is 1. The van der Waals surface area contributed by atoms with Crippen LogP contribution in [-0.2, 0) is 17.8 Å². The van der Waals surface area contributed by atoms with Crippen molar-refractivity contribution >= 4 is 17.1 Å². The van der Waals surface area contributed by atoms with Crippen LogP contribution in [0.3, 0.4) is 0 Å². The van der Waals surface area contributed by atoms with Gasteiger partial charge in [-0.25, -0.2) is 0 Å². The lowest BCUT2D eigenvalue weighted by Crippen LogP contribution is -2.42. The molecule has 114 valence electrons. The van der Waals surface area contributed by atoms with E-state index in [2.05, 4.69) is 20.8 Å². The molecule has 0 radical (unpaired) electrons. The first-order valence-corrected chi connectivity index (χ1v) is 8.69. The second-order valence-corrected chi connectivity index (χ2v) is 8.91. The number of fused-ring (bicyclic) bond motifs is 1. The standard InChI is InChI=1S/C16H23N3OS/c1-15(2,3)21(20)19-14-12-5-4-8-18-13(12)11-16(14)6-9-17-10-7-16/h4-5,8,17H,6-7,9-11H2,1-3H3. The van der Waals surface area contributed by atoms with Gasteiger partial charge in [-0.3, -0.25) is 4.98 Å². The van der Waals surface area contributed by atoms with Crippen molar-refractivity contribution in [3.05, 3.63) is 29.6 Å². The minimum Gasteiger partial charge on any atom is -0.591 e. The van der Waals surface area contributed by atoms with Crippen LogP contribution in [0.15, 0.2) is 22.7 Å². The van der Waals surface area contributed by atoms with Crippen LogP contribution in [0.4, 0.5) is 0 Å². The molecule has 1 aliphatic heterocycles. The minimum absolute atomic E-state index is 0.0306. The van der Waals surface area contributed by atoms with Crippen LogP contribution in [0.1, 0.15) is 44.9 Å². The molecular formula is C16H23N3OS. The van der Waals surface area contributed by atoms with Crippen molar-refractivity contribution in [2.24, 2.45) is 9.81 Å².